The van der Waals surface area contributed by atoms with Crippen molar-refractivity contribution in [2.45, 2.75) is 147 Å². The Balaban J connectivity index is 0.00000164. The molecule has 6 N–H and O–H groups in total. The van der Waals surface area contributed by atoms with Gasteiger partial charge in [-0.25, -0.2) is 0 Å². The van der Waals surface area contributed by atoms with Gasteiger partial charge in [0.25, 0.3) is 0 Å². The molecule has 0 aliphatic heterocycles. The second-order valence-corrected chi connectivity index (χ2v) is 41.7. The number of likely N-dealkylation sites (N-methyl/N-ethyl adjacent to an activating group) is 5. The fraction of sp³-hybridized carbons (Fsp3) is 0.603. The number of hydrogen-bond donors (Lipinski definition) is 6. The summed E-state index contributed by atoms with van der Waals surface area (Å²) in [6.45, 7) is 55.0. The highest BCUT2D eigenvalue weighted by molar-refractivity contribution is 5.75. The van der Waals surface area contributed by atoms with Gasteiger partial charge < -0.3 is 109 Å². The third-order valence-electron chi connectivity index (χ3n) is 24.0. The number of nitrogens with zero attached hydrogens (tertiary/aromatic N) is 5. The lowest BCUT2D eigenvalue weighted by Crippen LogP contribution is -3.13. The summed E-state index contributed by atoms with van der Waals surface area (Å²) in [5.74, 6) is 0.317. The van der Waals surface area contributed by atoms with E-state index in [4.69, 9.17) is 72.2 Å². The molecule has 7 aromatic rings. The van der Waals surface area contributed by atoms with E-state index in [0.717, 1.165) is 216 Å². The van der Waals surface area contributed by atoms with E-state index < -0.39 is 5.41 Å². The molecule has 7 rings (SSSR count). The smallest absolute Gasteiger partial charge is 0.311 e. The highest BCUT2D eigenvalue weighted by atomic mass is 16.6. The van der Waals surface area contributed by atoms with Crippen LogP contribution < -0.4 is 19.4 Å². The van der Waals surface area contributed by atoms with Crippen molar-refractivity contribution in [2.24, 2.45) is 10.8 Å². The predicted molar refractivity (Wildman–Crippen MR) is 578 cm³/mol. The fourth-order valence-electron chi connectivity index (χ4n) is 14.2. The van der Waals surface area contributed by atoms with Crippen LogP contribution in [0, 0.1) is 10.8 Å². The molecule has 810 valence electrons. The van der Waals surface area contributed by atoms with Crippen LogP contribution >= 0.6 is 0 Å². The minimum atomic E-state index is -0.420. The molecule has 0 radical (unpaired) electrons. The Morgan fingerprint density at radius 1 is 0.308 bits per heavy atom. The Hall–Kier alpha value is -8.50. The third-order valence-corrected chi connectivity index (χ3v) is 24.0. The second kappa shape index (κ2) is 79.7. The first-order chi connectivity index (χ1) is 67.8. The van der Waals surface area contributed by atoms with Crippen molar-refractivity contribution in [2.75, 3.05) is 309 Å². The van der Waals surface area contributed by atoms with Crippen LogP contribution in [0.2, 0.25) is 0 Å². The fourth-order valence-corrected chi connectivity index (χ4v) is 14.2. The van der Waals surface area contributed by atoms with Gasteiger partial charge in [0, 0.05) is 82.3 Å². The van der Waals surface area contributed by atoms with Gasteiger partial charge in [-0.2, -0.15) is 0 Å². The molecule has 0 saturated heterocycles. The Kier molecular flexibility index (Phi) is 74.9. The molecule has 0 fully saturated rings. The van der Waals surface area contributed by atoms with Crippen LogP contribution in [0.3, 0.4) is 0 Å². The number of benzene rings is 7. The van der Waals surface area contributed by atoms with Crippen molar-refractivity contribution < 1.29 is 128 Å². The molecular weight excluding hydrogens is 1810 g/mol. The molecule has 0 bridgehead atoms. The molecule has 0 aromatic heterocycles. The van der Waals surface area contributed by atoms with E-state index in [1.807, 2.05) is 115 Å². The Morgan fingerprint density at radius 3 is 0.867 bits per heavy atom. The van der Waals surface area contributed by atoms with Gasteiger partial charge in [0.15, 0.2) is 0 Å². The largest absolute Gasteiger partial charge is 0.491 e. The van der Waals surface area contributed by atoms with Crippen LogP contribution in [-0.4, -0.2) is 371 Å². The van der Waals surface area contributed by atoms with Crippen LogP contribution in [0.25, 0.3) is 0 Å². The topological polar surface area (TPSA) is 253 Å². The standard InChI is InChI=1S/C26H40NO2.C19H24NO2.C16H26NO2.C15H24NO2.C13H20NO2.C12H27NO3.C9H21NO3.C6H15NO3/c1-25(2,3)26(4,5)23-13-15-24(16-14-23)29-20-19-28-18-17-27(6,7)21-22-11-9-8-10-12-22;1-20(2,16-18-11-7-4-8-12-18)13-14-22-19(21)15-17-9-5-3-6-10-17;1-16(2,3)15(18)19-12-11-17(4,5)13-14-9-7-6-8-10-14;1-4-8-15(17)18-12-11-16(2,3)13-14-9-6-5-7-10-14;1-12(15)16-10-9-14(2,3)11-13-7-5-4-6-8-13;1-4-14-10-7-13(8-11-15-5-2)9-12-16-6-3;1-11-7-4-10(5-8-12-2)6-9-13-3;8-4-1-7(2-5-9)3-6-10/h8-16H,17-21H2,1-7H3;3-12H,13-16H2,1-2H3;6-10H,11-13H2,1-5H3;5-7,9-10H,4,8,11-13H2,1-3H3;4-8H,9-11H2,1-3H3;4-12H2,1-3H3;4-9H2,1-3H3;8-10H,1-6H2/q5*+1;;;/p+3. The van der Waals surface area contributed by atoms with Gasteiger partial charge in [-0.15, -0.1) is 0 Å². The maximum Gasteiger partial charge on any atom is 0.311 e. The molecule has 0 amide bonds. The summed E-state index contributed by atoms with van der Waals surface area (Å²) < 4.78 is 67.9. The average molecular weight is 2010 g/mol. The van der Waals surface area contributed by atoms with Gasteiger partial charge >= 0.3 is 23.9 Å². The number of methoxy groups -OCH3 is 3. The molecule has 27 nitrogen and oxygen atoms in total. The first kappa shape index (κ1) is 134. The lowest BCUT2D eigenvalue weighted by atomic mass is 9.65. The quantitative estimate of drug-likeness (QED) is 0.00897. The summed E-state index contributed by atoms with van der Waals surface area (Å²) in [4.78, 5) is 49.4. The zero-order valence-electron chi connectivity index (χ0n) is 93.7. The molecule has 0 saturated carbocycles. The van der Waals surface area contributed by atoms with Crippen LogP contribution in [0.4, 0.5) is 0 Å². The monoisotopic (exact) mass is 2010 g/mol. The number of esters is 4. The van der Waals surface area contributed by atoms with Crippen molar-refractivity contribution in [3.8, 4) is 5.75 Å². The maximum atomic E-state index is 11.8. The Bertz CT molecular complexity index is 4130. The second-order valence-electron chi connectivity index (χ2n) is 41.7. The molecule has 143 heavy (non-hydrogen) atoms. The van der Waals surface area contributed by atoms with Crippen molar-refractivity contribution in [3.05, 3.63) is 245 Å². The van der Waals surface area contributed by atoms with E-state index in [1.165, 1.54) is 50.1 Å². The zero-order valence-corrected chi connectivity index (χ0v) is 93.7. The minimum absolute atomic E-state index is 0.0859. The van der Waals surface area contributed by atoms with Gasteiger partial charge in [-0.1, -0.05) is 236 Å². The number of hydrogen-bond acceptors (Lipinski definition) is 19. The first-order valence-corrected chi connectivity index (χ1v) is 51.6. The Labute approximate surface area is 865 Å². The summed E-state index contributed by atoms with van der Waals surface area (Å²) in [5, 5.41) is 25.5. The number of rotatable bonds is 61. The summed E-state index contributed by atoms with van der Waals surface area (Å²) >= 11 is 0. The summed E-state index contributed by atoms with van der Waals surface area (Å²) in [6, 6.07) is 70.3. The molecular formula is C116H200N8O19+8. The zero-order chi connectivity index (χ0) is 107. The number of carbonyl (C=O) groups excluding carboxylic acids is 4. The number of quaternary nitrogens is 8. The van der Waals surface area contributed by atoms with Crippen molar-refractivity contribution in [1.82, 2.24) is 0 Å². The molecule has 0 spiro atoms. The first-order valence-electron chi connectivity index (χ1n) is 51.6. The van der Waals surface area contributed by atoms with Crippen LogP contribution in [0.1, 0.15) is 142 Å². The highest BCUT2D eigenvalue weighted by Gasteiger charge is 2.35. The molecule has 0 atom stereocenters. The lowest BCUT2D eigenvalue weighted by molar-refractivity contribution is -0.904. The van der Waals surface area contributed by atoms with Gasteiger partial charge in [0.2, 0.25) is 0 Å². The van der Waals surface area contributed by atoms with E-state index in [0.29, 0.717) is 72.1 Å². The highest BCUT2D eigenvalue weighted by Crippen LogP contribution is 2.41. The van der Waals surface area contributed by atoms with Crippen molar-refractivity contribution >= 4 is 23.9 Å². The predicted octanol–water partition coefficient (Wildman–Crippen LogP) is 11.7. The number of ether oxygens (including phenoxy) is 12. The average Bonchev–Trinajstić information content (AvgIpc) is 0.795. The number of nitrogens with one attached hydrogen (secondary N) is 3. The normalized spacial score (nSPS) is 11.6. The molecule has 0 aliphatic carbocycles. The summed E-state index contributed by atoms with van der Waals surface area (Å²) in [7, 11) is 26.8. The van der Waals surface area contributed by atoms with E-state index in [2.05, 4.69) is 245 Å². The minimum Gasteiger partial charge on any atom is -0.491 e. The van der Waals surface area contributed by atoms with E-state index in [1.54, 1.807) is 21.3 Å². The molecule has 0 heterocycles. The van der Waals surface area contributed by atoms with E-state index in [9.17, 15) is 19.2 Å². The van der Waals surface area contributed by atoms with Crippen LogP contribution in [-0.2, 0) is 116 Å². The van der Waals surface area contributed by atoms with Crippen molar-refractivity contribution in [3.63, 3.8) is 0 Å². The van der Waals surface area contributed by atoms with Gasteiger partial charge in [-0.3, -0.25) is 19.2 Å². The SMILES string of the molecule is CC(=O)OCC[N+](C)(C)Cc1ccccc1.CC(C)(C)C(=O)OCC[N+](C)(C)Cc1ccccc1.CC(C)(C)C(C)(C)c1ccc(OCCOCC[N+](C)(C)Cc2ccccc2)cc1.CCCC(=O)OCC[N+](C)(C)Cc1ccccc1.CCOCC[NH+](CCOCC)CCOCC.COCC[NH+](CCOC)CCOC.C[N+](C)(CCOC(=O)Cc1ccccc1)Cc1ccccc1.OCC[NH+](CCO)CCO. The van der Waals surface area contributed by atoms with E-state index in [-0.39, 0.29) is 54.5 Å². The number of carbonyl (C=O) groups is 4. The van der Waals surface area contributed by atoms with Gasteiger partial charge in [0.05, 0.1) is 155 Å². The summed E-state index contributed by atoms with van der Waals surface area (Å²) in [5.41, 5.74) is 8.79. The van der Waals surface area contributed by atoms with Crippen LogP contribution in [0.5, 0.6) is 5.75 Å². The maximum absolute atomic E-state index is 11.8. The van der Waals surface area contributed by atoms with Gasteiger partial charge in [0.1, 0.15) is 163 Å². The van der Waals surface area contributed by atoms with Crippen LogP contribution in [0.15, 0.2) is 206 Å². The van der Waals surface area contributed by atoms with Gasteiger partial charge in [-0.05, 0) is 82.1 Å². The molecule has 7 aromatic carbocycles. The molecule has 0 aliphatic rings. The molecule has 27 heteroatoms. The number of aliphatic hydroxyl groups excluding tert-OH is 3. The summed E-state index contributed by atoms with van der Waals surface area (Å²) in [6.07, 6.45) is 1.71. The number of aliphatic hydroxyl groups is 3. The Morgan fingerprint density at radius 2 is 0.587 bits per heavy atom. The van der Waals surface area contributed by atoms with E-state index >= 15 is 0 Å². The molecule has 0 unspecified atom stereocenters. The lowest BCUT2D eigenvalue weighted by Gasteiger charge is -2.39. The third kappa shape index (κ3) is 74.1. The van der Waals surface area contributed by atoms with Crippen molar-refractivity contribution in [1.29, 1.82) is 0 Å².